The van der Waals surface area contributed by atoms with Gasteiger partial charge >= 0.3 is 12.2 Å². The summed E-state index contributed by atoms with van der Waals surface area (Å²) < 4.78 is 54.0. The lowest BCUT2D eigenvalue weighted by Crippen LogP contribution is -2.51. The number of hydrogen-bond acceptors (Lipinski definition) is 4. The fraction of sp³-hybridized carbons (Fsp3) is 0.360. The molecule has 0 saturated carbocycles. The molecule has 1 fully saturated rings. The molecule has 2 aromatic carbocycles. The number of carbonyl (C=O) groups is 4. The average Bonchev–Trinajstić information content (AvgIpc) is 3.29. The van der Waals surface area contributed by atoms with Gasteiger partial charge in [0.05, 0.1) is 0 Å². The second-order valence-corrected chi connectivity index (χ2v) is 9.15. The molecule has 1 aliphatic heterocycles. The van der Waals surface area contributed by atoms with Gasteiger partial charge in [-0.15, -0.1) is 0 Å². The van der Waals surface area contributed by atoms with Crippen molar-refractivity contribution in [3.63, 3.8) is 0 Å². The quantitative estimate of drug-likeness (QED) is 0.450. The number of carbonyl (C=O) groups excluding carboxylic acids is 4. The highest BCUT2D eigenvalue weighted by atomic mass is 19.4. The molecule has 4 rings (SSSR count). The van der Waals surface area contributed by atoms with Gasteiger partial charge in [0.25, 0.3) is 5.91 Å². The molecule has 196 valence electrons. The lowest BCUT2D eigenvalue weighted by Gasteiger charge is -2.32. The zero-order chi connectivity index (χ0) is 27.1. The number of fused-ring (bicyclic) bond motifs is 2. The van der Waals surface area contributed by atoms with E-state index in [-0.39, 0.29) is 17.9 Å². The number of rotatable bonds is 6. The third kappa shape index (κ3) is 5.00. The fourth-order valence-corrected chi connectivity index (χ4v) is 4.71. The maximum Gasteiger partial charge on any atom is 0.408 e. The molecule has 1 unspecified atom stereocenters. The SMILES string of the molecule is CC(=O)Nc1ccc2c(c1)CCC21NC(=O)N(CC(=O)N(Cc2ccc(F)cc2)[C@@H](C)C(F)(F)F)C1=O. The zero-order valence-electron chi connectivity index (χ0n) is 20.0. The largest absolute Gasteiger partial charge is 0.408 e. The molecule has 0 bridgehead atoms. The lowest BCUT2D eigenvalue weighted by molar-refractivity contribution is -0.187. The smallest absolute Gasteiger partial charge is 0.326 e. The zero-order valence-corrected chi connectivity index (χ0v) is 20.0. The van der Waals surface area contributed by atoms with Crippen LogP contribution in [0.4, 0.5) is 28.0 Å². The Balaban J connectivity index is 1.57. The Morgan fingerprint density at radius 3 is 2.46 bits per heavy atom. The highest BCUT2D eigenvalue weighted by Crippen LogP contribution is 2.42. The highest BCUT2D eigenvalue weighted by molar-refractivity contribution is 6.10. The van der Waals surface area contributed by atoms with Crippen LogP contribution in [0.2, 0.25) is 0 Å². The van der Waals surface area contributed by atoms with Crippen molar-refractivity contribution in [1.82, 2.24) is 15.1 Å². The summed E-state index contributed by atoms with van der Waals surface area (Å²) in [6, 6.07) is 6.39. The van der Waals surface area contributed by atoms with Crippen molar-refractivity contribution in [2.45, 2.75) is 51.0 Å². The molecule has 2 N–H and O–H groups in total. The van der Waals surface area contributed by atoms with Gasteiger partial charge in [-0.2, -0.15) is 13.2 Å². The van der Waals surface area contributed by atoms with Crippen molar-refractivity contribution in [3.05, 3.63) is 65.0 Å². The van der Waals surface area contributed by atoms with E-state index in [1.807, 2.05) is 0 Å². The predicted octanol–water partition coefficient (Wildman–Crippen LogP) is 3.46. The van der Waals surface area contributed by atoms with Crippen LogP contribution in [0.15, 0.2) is 42.5 Å². The molecule has 5 amide bonds. The minimum atomic E-state index is -4.77. The third-order valence-electron chi connectivity index (χ3n) is 6.65. The first-order chi connectivity index (χ1) is 17.3. The van der Waals surface area contributed by atoms with Crippen molar-refractivity contribution < 1.29 is 36.7 Å². The summed E-state index contributed by atoms with van der Waals surface area (Å²) in [6.07, 6.45) is -4.18. The van der Waals surface area contributed by atoms with E-state index in [9.17, 15) is 36.7 Å². The number of benzene rings is 2. The van der Waals surface area contributed by atoms with E-state index < -0.39 is 54.5 Å². The van der Waals surface area contributed by atoms with Crippen molar-refractivity contribution in [3.8, 4) is 0 Å². The van der Waals surface area contributed by atoms with Gasteiger partial charge in [-0.1, -0.05) is 18.2 Å². The Bertz CT molecular complexity index is 1260. The van der Waals surface area contributed by atoms with Gasteiger partial charge in [0.2, 0.25) is 11.8 Å². The number of amides is 5. The van der Waals surface area contributed by atoms with Gasteiger partial charge in [0.1, 0.15) is 23.9 Å². The minimum absolute atomic E-state index is 0.194. The van der Waals surface area contributed by atoms with Crippen LogP contribution in [0.25, 0.3) is 0 Å². The molecule has 1 spiro atoms. The summed E-state index contributed by atoms with van der Waals surface area (Å²) >= 11 is 0. The maximum atomic E-state index is 13.6. The first kappa shape index (κ1) is 26.1. The molecule has 37 heavy (non-hydrogen) atoms. The monoisotopic (exact) mass is 520 g/mol. The van der Waals surface area contributed by atoms with E-state index in [0.29, 0.717) is 27.5 Å². The van der Waals surface area contributed by atoms with Gasteiger partial charge < -0.3 is 15.5 Å². The topological polar surface area (TPSA) is 98.8 Å². The van der Waals surface area contributed by atoms with E-state index in [2.05, 4.69) is 10.6 Å². The molecular formula is C25H24F4N4O4. The Kier molecular flexibility index (Phi) is 6.70. The summed E-state index contributed by atoms with van der Waals surface area (Å²) in [6.45, 7) is 0.759. The van der Waals surface area contributed by atoms with Crippen molar-refractivity contribution >= 4 is 29.4 Å². The molecule has 2 atom stereocenters. The molecule has 12 heteroatoms. The molecule has 0 aromatic heterocycles. The minimum Gasteiger partial charge on any atom is -0.326 e. The van der Waals surface area contributed by atoms with E-state index in [4.69, 9.17) is 0 Å². The number of nitrogens with zero attached hydrogens (tertiary/aromatic N) is 2. The third-order valence-corrected chi connectivity index (χ3v) is 6.65. The van der Waals surface area contributed by atoms with Crippen LogP contribution in [0.1, 0.15) is 37.0 Å². The van der Waals surface area contributed by atoms with Crippen LogP contribution >= 0.6 is 0 Å². The van der Waals surface area contributed by atoms with Crippen LogP contribution in [-0.4, -0.2) is 52.3 Å². The second kappa shape index (κ2) is 9.49. The number of imide groups is 1. The lowest BCUT2D eigenvalue weighted by atomic mass is 9.91. The van der Waals surface area contributed by atoms with E-state index in [0.717, 1.165) is 24.6 Å². The van der Waals surface area contributed by atoms with Gasteiger partial charge in [-0.05, 0) is 60.7 Å². The number of halogens is 4. The average molecular weight is 520 g/mol. The van der Waals surface area contributed by atoms with Crippen LogP contribution in [-0.2, 0) is 32.9 Å². The molecule has 1 heterocycles. The second-order valence-electron chi connectivity index (χ2n) is 9.15. The van der Waals surface area contributed by atoms with Gasteiger partial charge in [-0.25, -0.2) is 9.18 Å². The van der Waals surface area contributed by atoms with Crippen LogP contribution in [0.5, 0.6) is 0 Å². The normalized spacial score (nSPS) is 19.6. The first-order valence-corrected chi connectivity index (χ1v) is 11.5. The summed E-state index contributed by atoms with van der Waals surface area (Å²) in [4.78, 5) is 51.8. The fourth-order valence-electron chi connectivity index (χ4n) is 4.71. The van der Waals surface area contributed by atoms with E-state index in [1.54, 1.807) is 18.2 Å². The van der Waals surface area contributed by atoms with Crippen molar-refractivity contribution in [1.29, 1.82) is 0 Å². The van der Waals surface area contributed by atoms with Crippen molar-refractivity contribution in [2.24, 2.45) is 0 Å². The Labute approximate surface area is 209 Å². The van der Waals surface area contributed by atoms with Crippen LogP contribution in [0, 0.1) is 5.82 Å². The number of hydrogen-bond donors (Lipinski definition) is 2. The highest BCUT2D eigenvalue weighted by Gasteiger charge is 2.56. The van der Waals surface area contributed by atoms with E-state index >= 15 is 0 Å². The maximum absolute atomic E-state index is 13.6. The number of aryl methyl sites for hydroxylation is 1. The summed E-state index contributed by atoms with van der Waals surface area (Å²) in [5, 5.41) is 5.26. The number of urea groups is 1. The standard InChI is InChI=1S/C25H24F4N4O4/c1-14(25(27,28)29)32(12-16-3-5-18(26)6-4-16)21(35)13-33-22(36)24(31-23(33)37)10-9-17-11-19(30-15(2)34)7-8-20(17)24/h3-8,11,14H,9-10,12-13H2,1-2H3,(H,30,34)(H,31,37)/t14-,24?/m0/s1. The molecule has 1 aliphatic carbocycles. The first-order valence-electron chi connectivity index (χ1n) is 11.5. The Morgan fingerprint density at radius 2 is 1.84 bits per heavy atom. The summed E-state index contributed by atoms with van der Waals surface area (Å²) in [7, 11) is 0. The van der Waals surface area contributed by atoms with Gasteiger partial charge in [0, 0.05) is 19.2 Å². The summed E-state index contributed by atoms with van der Waals surface area (Å²) in [5.74, 6) is -2.69. The molecule has 2 aromatic rings. The molecule has 2 aliphatic rings. The predicted molar refractivity (Wildman–Crippen MR) is 123 cm³/mol. The number of nitrogens with one attached hydrogen (secondary N) is 2. The Morgan fingerprint density at radius 1 is 1.16 bits per heavy atom. The molecule has 8 nitrogen and oxygen atoms in total. The molecule has 1 saturated heterocycles. The molecular weight excluding hydrogens is 496 g/mol. The summed E-state index contributed by atoms with van der Waals surface area (Å²) in [5.41, 5.74) is 0.543. The van der Waals surface area contributed by atoms with Crippen molar-refractivity contribution in [2.75, 3.05) is 11.9 Å². The van der Waals surface area contributed by atoms with Gasteiger partial charge in [0.15, 0.2) is 0 Å². The number of anilines is 1. The van der Waals surface area contributed by atoms with Crippen LogP contribution in [0.3, 0.4) is 0 Å². The Hall–Kier alpha value is -3.96. The van der Waals surface area contributed by atoms with Gasteiger partial charge in [-0.3, -0.25) is 19.3 Å². The van der Waals surface area contributed by atoms with E-state index in [1.165, 1.54) is 19.1 Å². The molecule has 0 radical (unpaired) electrons. The van der Waals surface area contributed by atoms with Crippen LogP contribution < -0.4 is 10.6 Å². The number of alkyl halides is 3.